The van der Waals surface area contributed by atoms with E-state index in [2.05, 4.69) is 11.6 Å². The van der Waals surface area contributed by atoms with Crippen LogP contribution in [0, 0.1) is 0 Å². The summed E-state index contributed by atoms with van der Waals surface area (Å²) in [4.78, 5) is 13.2. The summed E-state index contributed by atoms with van der Waals surface area (Å²) in [7, 11) is -3.70. The number of hydrogen-bond donors (Lipinski definition) is 1. The minimum Gasteiger partial charge on any atom is -0.462 e. The Kier molecular flexibility index (Phi) is 7.90. The lowest BCUT2D eigenvalue weighted by Crippen LogP contribution is -2.40. The fourth-order valence-electron chi connectivity index (χ4n) is 4.62. The second kappa shape index (κ2) is 10.8. The molecule has 0 radical (unpaired) electrons. The molecule has 0 saturated heterocycles. The third kappa shape index (κ3) is 6.30. The predicted octanol–water partition coefficient (Wildman–Crippen LogP) is 5.68. The van der Waals surface area contributed by atoms with Gasteiger partial charge in [0.05, 0.1) is 22.9 Å². The first-order valence-corrected chi connectivity index (χ1v) is 14.5. The molecule has 37 heavy (non-hydrogen) atoms. The van der Waals surface area contributed by atoms with E-state index >= 15 is 0 Å². The first-order chi connectivity index (χ1) is 17.5. The lowest BCUT2D eigenvalue weighted by molar-refractivity contribution is 0.0523. The Morgan fingerprint density at radius 1 is 1.08 bits per heavy atom. The van der Waals surface area contributed by atoms with Crippen LogP contribution in [0.3, 0.4) is 0 Å². The van der Waals surface area contributed by atoms with Crippen molar-refractivity contribution >= 4 is 16.0 Å². The summed E-state index contributed by atoms with van der Waals surface area (Å²) in [5.74, 6) is 0.0681. The minimum atomic E-state index is -3.70. The maximum Gasteiger partial charge on any atom is 0.341 e. The predicted molar refractivity (Wildman–Crippen MR) is 145 cm³/mol. The molecule has 1 heterocycles. The third-order valence-electron chi connectivity index (χ3n) is 6.20. The first-order valence-electron chi connectivity index (χ1n) is 13.0. The molecule has 198 valence electrons. The van der Waals surface area contributed by atoms with Crippen molar-refractivity contribution in [3.8, 4) is 11.1 Å². The number of rotatable bonds is 10. The molecule has 1 aromatic heterocycles. The molecule has 0 bridgehead atoms. The average molecular weight is 524 g/mol. The molecule has 1 aliphatic rings. The van der Waals surface area contributed by atoms with Gasteiger partial charge in [-0.25, -0.2) is 17.9 Å². The van der Waals surface area contributed by atoms with Crippen LogP contribution in [0.25, 0.3) is 11.1 Å². The lowest BCUT2D eigenvalue weighted by atomic mass is 10.00. The summed E-state index contributed by atoms with van der Waals surface area (Å²) in [5.41, 5.74) is 4.21. The van der Waals surface area contributed by atoms with E-state index in [1.54, 1.807) is 12.1 Å². The number of nitrogens with one attached hydrogen (secondary N) is 1. The lowest BCUT2D eigenvalue weighted by Gasteiger charge is -2.21. The van der Waals surface area contributed by atoms with Crippen molar-refractivity contribution in [2.45, 2.75) is 83.2 Å². The van der Waals surface area contributed by atoms with Crippen LogP contribution >= 0.6 is 0 Å². The Hall–Kier alpha value is -2.97. The first kappa shape index (κ1) is 27.1. The summed E-state index contributed by atoms with van der Waals surface area (Å²) < 4.78 is 36.3. The van der Waals surface area contributed by atoms with Crippen LogP contribution in [0.5, 0.6) is 0 Å². The number of sulfonamides is 1. The monoisotopic (exact) mass is 523 g/mol. The van der Waals surface area contributed by atoms with Crippen LogP contribution in [0.15, 0.2) is 53.4 Å². The van der Waals surface area contributed by atoms with E-state index in [9.17, 15) is 13.2 Å². The number of esters is 1. The van der Waals surface area contributed by atoms with Gasteiger partial charge >= 0.3 is 5.97 Å². The van der Waals surface area contributed by atoms with E-state index in [-0.39, 0.29) is 10.9 Å². The van der Waals surface area contributed by atoms with E-state index < -0.39 is 15.6 Å². The number of carbonyl (C=O) groups is 1. The van der Waals surface area contributed by atoms with Crippen LogP contribution < -0.4 is 4.72 Å². The molecule has 0 spiro atoms. The fourth-order valence-corrected chi connectivity index (χ4v) is 6.27. The number of benzene rings is 2. The van der Waals surface area contributed by atoms with Crippen molar-refractivity contribution in [1.82, 2.24) is 14.5 Å². The number of hydrogen-bond acceptors (Lipinski definition) is 5. The van der Waals surface area contributed by atoms with Crippen LogP contribution in [0.1, 0.15) is 87.1 Å². The van der Waals surface area contributed by atoms with Gasteiger partial charge in [0.2, 0.25) is 10.0 Å². The van der Waals surface area contributed by atoms with Gasteiger partial charge in [0, 0.05) is 30.0 Å². The maximum absolute atomic E-state index is 13.1. The van der Waals surface area contributed by atoms with Gasteiger partial charge in [-0.3, -0.25) is 4.68 Å². The molecule has 4 rings (SSSR count). The molecular weight excluding hydrogens is 486 g/mol. The zero-order valence-electron chi connectivity index (χ0n) is 22.4. The second-order valence-electron chi connectivity index (χ2n) is 10.7. The molecule has 1 N–H and O–H groups in total. The molecule has 0 amide bonds. The SMILES string of the molecule is CCCn1nc(Cc2ccc(-c3ccccc3S(=O)(=O)NC(C)(C)C)cc2)c(C(=O)OCC)c1C1CC1. The average Bonchev–Trinajstić information content (AvgIpc) is 3.60. The molecule has 8 heteroatoms. The van der Waals surface area contributed by atoms with E-state index in [0.717, 1.165) is 48.3 Å². The molecule has 1 aliphatic carbocycles. The largest absolute Gasteiger partial charge is 0.462 e. The molecular formula is C29H37N3O4S. The normalized spacial score (nSPS) is 14.1. The summed E-state index contributed by atoms with van der Waals surface area (Å²) in [6, 6.07) is 14.8. The van der Waals surface area contributed by atoms with E-state index in [4.69, 9.17) is 9.84 Å². The summed E-state index contributed by atoms with van der Waals surface area (Å²) in [6.07, 6.45) is 3.57. The zero-order chi connectivity index (χ0) is 26.8. The molecule has 1 saturated carbocycles. The molecule has 0 atom stereocenters. The number of nitrogens with zero attached hydrogens (tertiary/aromatic N) is 2. The summed E-state index contributed by atoms with van der Waals surface area (Å²) >= 11 is 0. The highest BCUT2D eigenvalue weighted by atomic mass is 32.2. The molecule has 0 unspecified atom stereocenters. The topological polar surface area (TPSA) is 90.3 Å². The van der Waals surface area contributed by atoms with Gasteiger partial charge in [-0.1, -0.05) is 49.4 Å². The van der Waals surface area contributed by atoms with Crippen molar-refractivity contribution in [3.05, 3.63) is 71.0 Å². The van der Waals surface area contributed by atoms with Gasteiger partial charge in [-0.2, -0.15) is 5.10 Å². The number of aryl methyl sites for hydroxylation is 1. The Bertz CT molecular complexity index is 1370. The Morgan fingerprint density at radius 2 is 1.76 bits per heavy atom. The molecule has 1 fully saturated rings. The molecule has 2 aromatic carbocycles. The molecule has 7 nitrogen and oxygen atoms in total. The summed E-state index contributed by atoms with van der Waals surface area (Å²) in [5, 5.41) is 4.85. The number of ether oxygens (including phenoxy) is 1. The minimum absolute atomic E-state index is 0.245. The smallest absolute Gasteiger partial charge is 0.341 e. The summed E-state index contributed by atoms with van der Waals surface area (Å²) in [6.45, 7) is 10.5. The van der Waals surface area contributed by atoms with Crippen molar-refractivity contribution in [3.63, 3.8) is 0 Å². The van der Waals surface area contributed by atoms with Crippen molar-refractivity contribution in [2.24, 2.45) is 0 Å². The van der Waals surface area contributed by atoms with E-state index in [1.807, 2.05) is 68.8 Å². The van der Waals surface area contributed by atoms with Crippen molar-refractivity contribution in [1.29, 1.82) is 0 Å². The molecule has 0 aliphatic heterocycles. The Labute approximate surface area is 220 Å². The highest BCUT2D eigenvalue weighted by molar-refractivity contribution is 7.89. The third-order valence-corrected chi connectivity index (χ3v) is 8.01. The Morgan fingerprint density at radius 3 is 2.35 bits per heavy atom. The van der Waals surface area contributed by atoms with Crippen LogP contribution in [-0.4, -0.2) is 36.3 Å². The highest BCUT2D eigenvalue weighted by Crippen LogP contribution is 2.43. The zero-order valence-corrected chi connectivity index (χ0v) is 23.2. The van der Waals surface area contributed by atoms with Crippen LogP contribution in [-0.2, 0) is 27.7 Å². The van der Waals surface area contributed by atoms with E-state index in [1.165, 1.54) is 0 Å². The van der Waals surface area contributed by atoms with Crippen molar-refractivity contribution < 1.29 is 17.9 Å². The number of carbonyl (C=O) groups excluding carboxylic acids is 1. The second-order valence-corrected chi connectivity index (χ2v) is 12.3. The highest BCUT2D eigenvalue weighted by Gasteiger charge is 2.35. The Balaban J connectivity index is 1.66. The maximum atomic E-state index is 13.1. The quantitative estimate of drug-likeness (QED) is 0.345. The molecule has 3 aromatic rings. The van der Waals surface area contributed by atoms with Gasteiger partial charge in [-0.05, 0) is 64.2 Å². The van der Waals surface area contributed by atoms with Crippen molar-refractivity contribution in [2.75, 3.05) is 6.61 Å². The fraction of sp³-hybridized carbons (Fsp3) is 0.448. The van der Waals surface area contributed by atoms with Gasteiger partial charge in [0.25, 0.3) is 0 Å². The number of aromatic nitrogens is 2. The van der Waals surface area contributed by atoms with Crippen LogP contribution in [0.4, 0.5) is 0 Å². The van der Waals surface area contributed by atoms with E-state index in [0.29, 0.717) is 30.1 Å². The van der Waals surface area contributed by atoms with Gasteiger partial charge in [0.1, 0.15) is 5.56 Å². The van der Waals surface area contributed by atoms with Gasteiger partial charge in [0.15, 0.2) is 0 Å². The van der Waals surface area contributed by atoms with Gasteiger partial charge < -0.3 is 4.74 Å². The van der Waals surface area contributed by atoms with Gasteiger partial charge in [-0.15, -0.1) is 0 Å². The van der Waals surface area contributed by atoms with Crippen LogP contribution in [0.2, 0.25) is 0 Å². The standard InChI is InChI=1S/C29H37N3O4S/c1-6-18-32-27(22-16-17-22)26(28(33)36-7-2)24(30-32)19-20-12-14-21(15-13-20)23-10-8-9-11-25(23)37(34,35)31-29(3,4)5/h8-15,22,31H,6-7,16-19H2,1-5H3.